The van der Waals surface area contributed by atoms with Gasteiger partial charge in [-0.05, 0) is 91.0 Å². The molecular formula is C28H34O3. The van der Waals surface area contributed by atoms with Crippen molar-refractivity contribution in [1.82, 2.24) is 0 Å². The maximum absolute atomic E-state index is 13.0. The van der Waals surface area contributed by atoms with Crippen LogP contribution in [0.15, 0.2) is 48.5 Å². The van der Waals surface area contributed by atoms with Gasteiger partial charge in [-0.25, -0.2) is 0 Å². The highest BCUT2D eigenvalue weighted by Crippen LogP contribution is 2.62. The molecule has 2 aromatic rings. The van der Waals surface area contributed by atoms with Gasteiger partial charge in [-0.15, -0.1) is 0 Å². The Morgan fingerprint density at radius 3 is 2.77 bits per heavy atom. The number of hydrogen-bond donors (Lipinski definition) is 1. The van der Waals surface area contributed by atoms with Crippen LogP contribution in [0, 0.1) is 23.2 Å². The highest BCUT2D eigenvalue weighted by molar-refractivity contribution is 5.87. The van der Waals surface area contributed by atoms with Crippen LogP contribution in [0.4, 0.5) is 0 Å². The molecule has 2 aromatic carbocycles. The second-order valence-electron chi connectivity index (χ2n) is 10.2. The van der Waals surface area contributed by atoms with Gasteiger partial charge in [0.15, 0.2) is 0 Å². The fraction of sp³-hybridized carbons (Fsp3) is 0.536. The summed E-state index contributed by atoms with van der Waals surface area (Å²) in [5, 5.41) is 9.36. The van der Waals surface area contributed by atoms with Crippen molar-refractivity contribution < 1.29 is 14.6 Å². The third-order valence-electron chi connectivity index (χ3n) is 8.52. The number of rotatable bonds is 6. The smallest absolute Gasteiger partial charge is 0.139 e. The molecule has 2 saturated carbocycles. The van der Waals surface area contributed by atoms with Gasteiger partial charge in [-0.3, -0.25) is 4.79 Å². The number of hydrogen-bond acceptors (Lipinski definition) is 3. The number of aryl methyl sites for hydroxylation is 1. The minimum absolute atomic E-state index is 0.141. The van der Waals surface area contributed by atoms with E-state index in [1.807, 2.05) is 18.2 Å². The number of aliphatic hydroxyl groups excluding tert-OH is 1. The van der Waals surface area contributed by atoms with E-state index in [9.17, 15) is 9.90 Å². The molecule has 3 unspecified atom stereocenters. The monoisotopic (exact) mass is 418 g/mol. The Morgan fingerprint density at radius 1 is 1.13 bits per heavy atom. The third kappa shape index (κ3) is 3.71. The highest BCUT2D eigenvalue weighted by atomic mass is 16.5. The van der Waals surface area contributed by atoms with Crippen molar-refractivity contribution in [2.75, 3.05) is 6.61 Å². The van der Waals surface area contributed by atoms with Crippen molar-refractivity contribution in [3.8, 4) is 5.75 Å². The van der Waals surface area contributed by atoms with Crippen molar-refractivity contribution in [1.29, 1.82) is 0 Å². The van der Waals surface area contributed by atoms with Gasteiger partial charge in [0.1, 0.15) is 18.1 Å². The van der Waals surface area contributed by atoms with E-state index < -0.39 is 0 Å². The van der Waals surface area contributed by atoms with Gasteiger partial charge in [0.05, 0.1) is 0 Å². The quantitative estimate of drug-likeness (QED) is 0.655. The SMILES string of the molecule is C[C@]12CCC3c4ccc(OCc5ccccc5)cc4CCC3C1[C@H](CCCO)CC2=O. The van der Waals surface area contributed by atoms with E-state index in [1.54, 1.807) is 0 Å². The average Bonchev–Trinajstić information content (AvgIpc) is 3.06. The van der Waals surface area contributed by atoms with Gasteiger partial charge in [0, 0.05) is 18.4 Å². The second-order valence-corrected chi connectivity index (χ2v) is 10.2. The topological polar surface area (TPSA) is 46.5 Å². The van der Waals surface area contributed by atoms with Gasteiger partial charge < -0.3 is 9.84 Å². The van der Waals surface area contributed by atoms with Crippen molar-refractivity contribution >= 4 is 5.78 Å². The summed E-state index contributed by atoms with van der Waals surface area (Å²) in [6.45, 7) is 3.07. The van der Waals surface area contributed by atoms with Crippen LogP contribution in [0.2, 0.25) is 0 Å². The first-order valence-electron chi connectivity index (χ1n) is 12.0. The van der Waals surface area contributed by atoms with E-state index in [-0.39, 0.29) is 12.0 Å². The molecule has 0 aliphatic heterocycles. The molecule has 0 radical (unpaired) electrons. The predicted octanol–water partition coefficient (Wildman–Crippen LogP) is 5.69. The summed E-state index contributed by atoms with van der Waals surface area (Å²) < 4.78 is 6.09. The number of carbonyl (C=O) groups is 1. The van der Waals surface area contributed by atoms with Crippen LogP contribution in [0.25, 0.3) is 0 Å². The number of ether oxygens (including phenoxy) is 1. The van der Waals surface area contributed by atoms with Crippen LogP contribution in [0.3, 0.4) is 0 Å². The molecule has 0 spiro atoms. The molecule has 164 valence electrons. The summed E-state index contributed by atoms with van der Waals surface area (Å²) in [7, 11) is 0. The number of benzene rings is 2. The van der Waals surface area contributed by atoms with E-state index >= 15 is 0 Å². The van der Waals surface area contributed by atoms with E-state index in [2.05, 4.69) is 37.3 Å². The third-order valence-corrected chi connectivity index (χ3v) is 8.52. The first-order valence-corrected chi connectivity index (χ1v) is 12.0. The van der Waals surface area contributed by atoms with Gasteiger partial charge in [-0.1, -0.05) is 43.3 Å². The van der Waals surface area contributed by atoms with Gasteiger partial charge >= 0.3 is 0 Å². The minimum atomic E-state index is -0.141. The normalized spacial score (nSPS) is 31.6. The summed E-state index contributed by atoms with van der Waals surface area (Å²) >= 11 is 0. The fourth-order valence-corrected chi connectivity index (χ4v) is 7.07. The molecule has 3 nitrogen and oxygen atoms in total. The maximum atomic E-state index is 13.0. The predicted molar refractivity (Wildman–Crippen MR) is 122 cm³/mol. The van der Waals surface area contributed by atoms with E-state index in [0.29, 0.717) is 36.1 Å². The lowest BCUT2D eigenvalue weighted by molar-refractivity contribution is -0.129. The van der Waals surface area contributed by atoms with Crippen LogP contribution in [0.1, 0.15) is 68.1 Å². The van der Waals surface area contributed by atoms with Crippen molar-refractivity contribution in [2.45, 2.75) is 64.4 Å². The Balaban J connectivity index is 1.35. The minimum Gasteiger partial charge on any atom is -0.489 e. The molecule has 0 saturated heterocycles. The molecule has 3 aliphatic carbocycles. The molecule has 1 N–H and O–H groups in total. The van der Waals surface area contributed by atoms with Crippen LogP contribution in [-0.2, 0) is 17.8 Å². The number of ketones is 1. The van der Waals surface area contributed by atoms with E-state index in [4.69, 9.17) is 4.74 Å². The second kappa shape index (κ2) is 8.43. The Hall–Kier alpha value is -2.13. The maximum Gasteiger partial charge on any atom is 0.139 e. The molecule has 0 heterocycles. The number of carbonyl (C=O) groups excluding carboxylic acids is 1. The van der Waals surface area contributed by atoms with Crippen molar-refractivity contribution in [3.63, 3.8) is 0 Å². The van der Waals surface area contributed by atoms with E-state index in [1.165, 1.54) is 23.1 Å². The molecular weight excluding hydrogens is 384 g/mol. The van der Waals surface area contributed by atoms with Gasteiger partial charge in [0.2, 0.25) is 0 Å². The molecule has 31 heavy (non-hydrogen) atoms. The Kier molecular flexibility index (Phi) is 5.64. The van der Waals surface area contributed by atoms with E-state index in [0.717, 1.165) is 44.3 Å². The summed E-state index contributed by atoms with van der Waals surface area (Å²) in [5.41, 5.74) is 3.97. The van der Waals surface area contributed by atoms with Crippen LogP contribution >= 0.6 is 0 Å². The molecule has 2 fully saturated rings. The standard InChI is InChI=1S/C28H34O3/c1-28-14-13-24-23-12-10-22(31-18-19-6-3-2-4-7-19)16-20(23)9-11-25(24)27(28)21(8-5-15-29)17-26(28)30/h2-4,6-7,10,12,16,21,24-25,27,29H,5,8-9,11,13-15,17-18H2,1H3/t21-,24?,25?,27?,28-/m1/s1. The average molecular weight is 419 g/mol. The molecule has 3 aliphatic rings. The Morgan fingerprint density at radius 2 is 1.97 bits per heavy atom. The summed E-state index contributed by atoms with van der Waals surface area (Å²) in [6, 6.07) is 17.0. The Bertz CT molecular complexity index is 937. The zero-order valence-electron chi connectivity index (χ0n) is 18.6. The summed E-state index contributed by atoms with van der Waals surface area (Å²) in [5.74, 6) is 3.53. The lowest BCUT2D eigenvalue weighted by Crippen LogP contribution is -2.44. The molecule has 0 bridgehead atoms. The Labute approximate surface area is 185 Å². The number of fused-ring (bicyclic) bond motifs is 5. The molecule has 3 heteroatoms. The van der Waals surface area contributed by atoms with Crippen molar-refractivity contribution in [3.05, 3.63) is 65.2 Å². The van der Waals surface area contributed by atoms with Crippen molar-refractivity contribution in [2.24, 2.45) is 23.2 Å². The van der Waals surface area contributed by atoms with Crippen LogP contribution < -0.4 is 4.74 Å². The molecule has 5 atom stereocenters. The lowest BCUT2D eigenvalue weighted by Gasteiger charge is -2.50. The van der Waals surface area contributed by atoms with Crippen LogP contribution in [0.5, 0.6) is 5.75 Å². The molecule has 5 rings (SSSR count). The first-order chi connectivity index (χ1) is 15.1. The zero-order chi connectivity index (χ0) is 21.4. The highest BCUT2D eigenvalue weighted by Gasteiger charge is 2.58. The lowest BCUT2D eigenvalue weighted by atomic mass is 9.54. The van der Waals surface area contributed by atoms with Gasteiger partial charge in [-0.2, -0.15) is 0 Å². The largest absolute Gasteiger partial charge is 0.489 e. The first kappa shape index (κ1) is 20.8. The summed E-state index contributed by atoms with van der Waals surface area (Å²) in [4.78, 5) is 13.0. The summed E-state index contributed by atoms with van der Waals surface area (Å²) in [6.07, 6.45) is 6.91. The zero-order valence-corrected chi connectivity index (χ0v) is 18.6. The molecule has 0 aromatic heterocycles. The molecule has 0 amide bonds. The number of aliphatic hydroxyl groups is 1. The fourth-order valence-electron chi connectivity index (χ4n) is 7.07. The van der Waals surface area contributed by atoms with Crippen LogP contribution in [-0.4, -0.2) is 17.5 Å². The van der Waals surface area contributed by atoms with Gasteiger partial charge in [0.25, 0.3) is 0 Å². The number of Topliss-reactive ketones (excluding diaryl/α,β-unsaturated/α-hetero) is 1.